The summed E-state index contributed by atoms with van der Waals surface area (Å²) in [5.74, 6) is -0.0442. The van der Waals surface area contributed by atoms with Crippen LogP contribution in [0.2, 0.25) is 0 Å². The SMILES string of the molecule is CN(C)c1cccc2c1CN(C(=O)c1c(-c3ccccc3)nnn1C)C2. The van der Waals surface area contributed by atoms with Crippen LogP contribution in [0.5, 0.6) is 0 Å². The second kappa shape index (κ2) is 6.29. The number of carbonyl (C=O) groups excluding carboxylic acids is 1. The Balaban J connectivity index is 1.69. The first-order chi connectivity index (χ1) is 12.6. The molecule has 0 aliphatic carbocycles. The lowest BCUT2D eigenvalue weighted by Gasteiger charge is -2.18. The van der Waals surface area contributed by atoms with Crippen molar-refractivity contribution in [2.45, 2.75) is 13.1 Å². The highest BCUT2D eigenvalue weighted by Gasteiger charge is 2.30. The van der Waals surface area contributed by atoms with Gasteiger partial charge in [-0.15, -0.1) is 5.10 Å². The van der Waals surface area contributed by atoms with Gasteiger partial charge in [0.15, 0.2) is 5.69 Å². The van der Waals surface area contributed by atoms with E-state index >= 15 is 0 Å². The van der Waals surface area contributed by atoms with E-state index in [-0.39, 0.29) is 5.91 Å². The summed E-state index contributed by atoms with van der Waals surface area (Å²) in [6.45, 7) is 1.21. The van der Waals surface area contributed by atoms with Gasteiger partial charge in [0.1, 0.15) is 5.69 Å². The van der Waals surface area contributed by atoms with Crippen LogP contribution in [0, 0.1) is 0 Å². The van der Waals surface area contributed by atoms with Crippen molar-refractivity contribution in [1.29, 1.82) is 0 Å². The summed E-state index contributed by atoms with van der Waals surface area (Å²) in [5.41, 5.74) is 5.61. The van der Waals surface area contributed by atoms with Crippen molar-refractivity contribution in [2.75, 3.05) is 19.0 Å². The molecule has 6 nitrogen and oxygen atoms in total. The summed E-state index contributed by atoms with van der Waals surface area (Å²) in [6.07, 6.45) is 0. The zero-order valence-electron chi connectivity index (χ0n) is 15.2. The molecule has 0 fully saturated rings. The van der Waals surface area contributed by atoms with Crippen LogP contribution in [0.25, 0.3) is 11.3 Å². The number of hydrogen-bond acceptors (Lipinski definition) is 4. The van der Waals surface area contributed by atoms with Gasteiger partial charge in [-0.05, 0) is 17.2 Å². The highest BCUT2D eigenvalue weighted by atomic mass is 16.2. The van der Waals surface area contributed by atoms with Gasteiger partial charge in [-0.25, -0.2) is 4.68 Å². The van der Waals surface area contributed by atoms with E-state index in [9.17, 15) is 4.79 Å². The monoisotopic (exact) mass is 347 g/mol. The first kappa shape index (κ1) is 16.3. The summed E-state index contributed by atoms with van der Waals surface area (Å²) in [7, 11) is 5.82. The van der Waals surface area contributed by atoms with E-state index in [4.69, 9.17) is 0 Å². The molecule has 0 N–H and O–H groups in total. The second-order valence-corrected chi connectivity index (χ2v) is 6.75. The van der Waals surface area contributed by atoms with Gasteiger partial charge in [-0.3, -0.25) is 4.79 Å². The van der Waals surface area contributed by atoms with Crippen LogP contribution in [0.4, 0.5) is 5.69 Å². The summed E-state index contributed by atoms with van der Waals surface area (Å²) < 4.78 is 1.57. The van der Waals surface area contributed by atoms with Crippen molar-refractivity contribution in [3.63, 3.8) is 0 Å². The third-order valence-electron chi connectivity index (χ3n) is 4.80. The standard InChI is InChI=1S/C20H21N5O/c1-23(2)17-11-7-10-15-12-25(13-16(15)17)20(26)19-18(21-22-24(19)3)14-8-5-4-6-9-14/h4-11H,12-13H2,1-3H3. The molecule has 0 spiro atoms. The number of hydrogen-bond donors (Lipinski definition) is 0. The molecule has 1 aliphatic rings. The molecular formula is C20H21N5O. The molecular weight excluding hydrogens is 326 g/mol. The fourth-order valence-electron chi connectivity index (χ4n) is 3.50. The second-order valence-electron chi connectivity index (χ2n) is 6.75. The van der Waals surface area contributed by atoms with Gasteiger partial charge in [0.05, 0.1) is 0 Å². The maximum atomic E-state index is 13.3. The van der Waals surface area contributed by atoms with Gasteiger partial charge in [0, 0.05) is 45.5 Å². The number of nitrogens with zero attached hydrogens (tertiary/aromatic N) is 5. The van der Waals surface area contributed by atoms with Crippen LogP contribution in [0.3, 0.4) is 0 Å². The molecule has 2 heterocycles. The molecule has 1 amide bonds. The molecule has 2 aromatic carbocycles. The minimum Gasteiger partial charge on any atom is -0.377 e. The Labute approximate surface area is 152 Å². The van der Waals surface area contributed by atoms with E-state index in [1.807, 2.05) is 55.4 Å². The minimum atomic E-state index is -0.0442. The van der Waals surface area contributed by atoms with Gasteiger partial charge in [0.2, 0.25) is 0 Å². The van der Waals surface area contributed by atoms with Gasteiger partial charge < -0.3 is 9.80 Å². The van der Waals surface area contributed by atoms with Crippen LogP contribution < -0.4 is 4.90 Å². The van der Waals surface area contributed by atoms with Crippen molar-refractivity contribution in [2.24, 2.45) is 7.05 Å². The van der Waals surface area contributed by atoms with Crippen molar-refractivity contribution >= 4 is 11.6 Å². The predicted molar refractivity (Wildman–Crippen MR) is 101 cm³/mol. The third-order valence-corrected chi connectivity index (χ3v) is 4.80. The number of rotatable bonds is 3. The minimum absolute atomic E-state index is 0.0442. The highest BCUT2D eigenvalue weighted by Crippen LogP contribution is 2.32. The van der Waals surface area contributed by atoms with Crippen molar-refractivity contribution in [3.8, 4) is 11.3 Å². The lowest BCUT2D eigenvalue weighted by Crippen LogP contribution is -2.28. The van der Waals surface area contributed by atoms with Gasteiger partial charge >= 0.3 is 0 Å². The van der Waals surface area contributed by atoms with Crippen LogP contribution in [-0.4, -0.2) is 39.9 Å². The molecule has 0 radical (unpaired) electrons. The Bertz CT molecular complexity index is 962. The average Bonchev–Trinajstić information content (AvgIpc) is 3.25. The number of anilines is 1. The molecule has 0 atom stereocenters. The van der Waals surface area contributed by atoms with Gasteiger partial charge in [0.25, 0.3) is 5.91 Å². The predicted octanol–water partition coefficient (Wildman–Crippen LogP) is 2.70. The third kappa shape index (κ3) is 2.63. The number of carbonyl (C=O) groups is 1. The molecule has 0 bridgehead atoms. The molecule has 132 valence electrons. The van der Waals surface area contributed by atoms with E-state index in [0.717, 1.165) is 11.3 Å². The molecule has 0 saturated carbocycles. The number of aryl methyl sites for hydroxylation is 1. The Morgan fingerprint density at radius 2 is 1.81 bits per heavy atom. The van der Waals surface area contributed by atoms with Crippen molar-refractivity contribution in [3.05, 3.63) is 65.4 Å². The number of benzene rings is 2. The molecule has 26 heavy (non-hydrogen) atoms. The summed E-state index contributed by atoms with van der Waals surface area (Å²) >= 11 is 0. The molecule has 0 unspecified atom stereocenters. The fraction of sp³-hybridized carbons (Fsp3) is 0.250. The molecule has 6 heteroatoms. The number of fused-ring (bicyclic) bond motifs is 1. The lowest BCUT2D eigenvalue weighted by atomic mass is 10.1. The smallest absolute Gasteiger partial charge is 0.275 e. The van der Waals surface area contributed by atoms with Crippen molar-refractivity contribution in [1.82, 2.24) is 19.9 Å². The Morgan fingerprint density at radius 1 is 1.04 bits per heavy atom. The van der Waals surface area contributed by atoms with E-state index in [1.165, 1.54) is 11.1 Å². The summed E-state index contributed by atoms with van der Waals surface area (Å²) in [4.78, 5) is 17.2. The molecule has 0 saturated heterocycles. The Kier molecular flexibility index (Phi) is 3.95. The fourth-order valence-corrected chi connectivity index (χ4v) is 3.50. The average molecular weight is 347 g/mol. The summed E-state index contributed by atoms with van der Waals surface area (Å²) in [6, 6.07) is 15.9. The zero-order valence-corrected chi connectivity index (χ0v) is 15.2. The largest absolute Gasteiger partial charge is 0.377 e. The molecule has 4 rings (SSSR count). The highest BCUT2D eigenvalue weighted by molar-refractivity contribution is 5.98. The summed E-state index contributed by atoms with van der Waals surface area (Å²) in [5, 5.41) is 8.32. The molecule has 3 aromatic rings. The zero-order chi connectivity index (χ0) is 18.3. The number of aromatic nitrogens is 3. The Hall–Kier alpha value is -3.15. The maximum Gasteiger partial charge on any atom is 0.275 e. The van der Waals surface area contributed by atoms with Crippen LogP contribution in [-0.2, 0) is 20.1 Å². The van der Waals surface area contributed by atoms with Gasteiger partial charge in [-0.1, -0.05) is 47.7 Å². The first-order valence-corrected chi connectivity index (χ1v) is 8.58. The first-order valence-electron chi connectivity index (χ1n) is 8.58. The molecule has 1 aromatic heterocycles. The van der Waals surface area contributed by atoms with Gasteiger partial charge in [-0.2, -0.15) is 0 Å². The van der Waals surface area contributed by atoms with E-state index in [2.05, 4.69) is 27.3 Å². The lowest BCUT2D eigenvalue weighted by molar-refractivity contribution is 0.0741. The van der Waals surface area contributed by atoms with Crippen LogP contribution in [0.1, 0.15) is 21.6 Å². The normalized spacial score (nSPS) is 13.0. The van der Waals surface area contributed by atoms with E-state index < -0.39 is 0 Å². The number of amides is 1. The topological polar surface area (TPSA) is 54.3 Å². The van der Waals surface area contributed by atoms with E-state index in [1.54, 1.807) is 11.7 Å². The quantitative estimate of drug-likeness (QED) is 0.731. The Morgan fingerprint density at radius 3 is 2.54 bits per heavy atom. The van der Waals surface area contributed by atoms with Crippen LogP contribution in [0.15, 0.2) is 48.5 Å². The van der Waals surface area contributed by atoms with Crippen LogP contribution >= 0.6 is 0 Å². The van der Waals surface area contributed by atoms with Crippen molar-refractivity contribution < 1.29 is 4.79 Å². The maximum absolute atomic E-state index is 13.3. The molecule has 1 aliphatic heterocycles. The van der Waals surface area contributed by atoms with E-state index in [0.29, 0.717) is 24.5 Å².